The van der Waals surface area contributed by atoms with Crippen LogP contribution in [0, 0.1) is 39.4 Å². The zero-order valence-electron chi connectivity index (χ0n) is 58.3. The third-order valence-electron chi connectivity index (χ3n) is 24.6. The Hall–Kier alpha value is -2.70. The maximum atomic E-state index is 14.8. The van der Waals surface area contributed by atoms with Gasteiger partial charge < -0.3 is 147 Å². The highest BCUT2D eigenvalue weighted by molar-refractivity contribution is 5.83. The minimum Gasteiger partial charge on any atom is -0.462 e. The van der Waals surface area contributed by atoms with Gasteiger partial charge in [-0.1, -0.05) is 44.9 Å². The fourth-order valence-electron chi connectivity index (χ4n) is 19.4. The standard InChI is InChI=1S/C68H108O32/c1-27(2)20-30(90-29(4)72)21-67(9)39-15-18-66(8)32-12-13-38-64(5,6)40(16-17-65(38,7)31(32)14-19-68(39,66)63(84)100-67)95-62-56(44(77)37(26-88-62)94-59-50(83)55(43(76)36(24-71)91-59)98-61-49(82)54(86-11)42(75)35(23-70)93-61)99-58-46(79)45(78)51(28(3)89-58)96-57-47(80)52(33(73)25-87-57)97-60-48(81)53(85-10)41(74)34(22-69)92-60/h12,28,30-31,33-62,69-71,73-83H,1,13-26H2,2-11H3. The van der Waals surface area contributed by atoms with Gasteiger partial charge in [-0.15, -0.1) is 6.58 Å². The lowest BCUT2D eigenvalue weighted by atomic mass is 9.41. The summed E-state index contributed by atoms with van der Waals surface area (Å²) in [7, 11) is 2.39. The minimum absolute atomic E-state index is 0.0233. The van der Waals surface area contributed by atoms with Crippen LogP contribution < -0.4 is 0 Å². The number of hydrogen-bond donors (Lipinski definition) is 14. The van der Waals surface area contributed by atoms with Gasteiger partial charge in [0, 0.05) is 45.3 Å². The van der Waals surface area contributed by atoms with E-state index in [9.17, 15) is 81.1 Å². The molecule has 32 nitrogen and oxygen atoms in total. The van der Waals surface area contributed by atoms with E-state index in [1.807, 2.05) is 13.8 Å². The van der Waals surface area contributed by atoms with Gasteiger partial charge in [-0.25, -0.2) is 0 Å². The largest absolute Gasteiger partial charge is 0.462 e. The van der Waals surface area contributed by atoms with Gasteiger partial charge in [-0.2, -0.15) is 0 Å². The van der Waals surface area contributed by atoms with E-state index in [2.05, 4.69) is 40.3 Å². The van der Waals surface area contributed by atoms with Crippen molar-refractivity contribution in [3.05, 3.63) is 23.8 Å². The molecule has 7 saturated heterocycles. The van der Waals surface area contributed by atoms with Crippen LogP contribution in [0.3, 0.4) is 0 Å². The van der Waals surface area contributed by atoms with Gasteiger partial charge in [0.25, 0.3) is 0 Å². The second-order valence-corrected chi connectivity index (χ2v) is 31.0. The first-order valence-electron chi connectivity index (χ1n) is 35.1. The maximum Gasteiger partial charge on any atom is 0.313 e. The highest BCUT2D eigenvalue weighted by Crippen LogP contribution is 2.76. The van der Waals surface area contributed by atoms with E-state index in [4.69, 9.17) is 75.8 Å². The Morgan fingerprint density at radius 3 is 1.68 bits per heavy atom. The number of allylic oxidation sites excluding steroid dienone is 2. The predicted octanol–water partition coefficient (Wildman–Crippen LogP) is -2.90. The number of rotatable bonds is 22. The normalized spacial score (nSPS) is 51.2. The molecule has 0 amide bonds. The average molecular weight is 1440 g/mol. The van der Waals surface area contributed by atoms with Crippen LogP contribution in [0.25, 0.3) is 0 Å². The predicted molar refractivity (Wildman–Crippen MR) is 335 cm³/mol. The highest BCUT2D eigenvalue weighted by atomic mass is 16.8. The molecule has 11 rings (SSSR count). The van der Waals surface area contributed by atoms with Crippen molar-refractivity contribution in [1.29, 1.82) is 0 Å². The monoisotopic (exact) mass is 1440 g/mol. The molecule has 14 N–H and O–H groups in total. The van der Waals surface area contributed by atoms with Gasteiger partial charge in [0.15, 0.2) is 37.7 Å². The summed E-state index contributed by atoms with van der Waals surface area (Å²) in [5.74, 6) is -0.702. The van der Waals surface area contributed by atoms with Crippen molar-refractivity contribution in [2.75, 3.05) is 47.3 Å². The number of carbonyl (C=O) groups excluding carboxylic acids is 2. The molecule has 37 unspecified atom stereocenters. The summed E-state index contributed by atoms with van der Waals surface area (Å²) in [4.78, 5) is 27.1. The number of cyclic esters (lactones) is 1. The molecule has 0 aromatic carbocycles. The van der Waals surface area contributed by atoms with Crippen LogP contribution in [-0.2, 0) is 85.4 Å². The lowest BCUT2D eigenvalue weighted by Crippen LogP contribution is -2.67. The second kappa shape index (κ2) is 30.5. The van der Waals surface area contributed by atoms with Crippen LogP contribution >= 0.6 is 0 Å². The van der Waals surface area contributed by atoms with Gasteiger partial charge in [-0.3, -0.25) is 9.59 Å². The number of aliphatic hydroxyl groups excluding tert-OH is 14. The van der Waals surface area contributed by atoms with E-state index in [-0.39, 0.29) is 29.1 Å². The van der Waals surface area contributed by atoms with Crippen molar-refractivity contribution in [2.45, 2.75) is 303 Å². The Morgan fingerprint density at radius 1 is 0.570 bits per heavy atom. The first kappa shape index (κ1) is 78.4. The number of fused-ring (bicyclic) bond motifs is 4. The van der Waals surface area contributed by atoms with Gasteiger partial charge in [0.1, 0.15) is 140 Å². The minimum atomic E-state index is -2.03. The number of aliphatic hydroxyl groups is 14. The van der Waals surface area contributed by atoms with Gasteiger partial charge in [0.05, 0.1) is 50.7 Å². The number of carbonyl (C=O) groups is 2. The molecule has 10 fully saturated rings. The molecule has 37 atom stereocenters. The Morgan fingerprint density at radius 2 is 1.10 bits per heavy atom. The molecule has 572 valence electrons. The SMILES string of the molecule is C=C(C)CC(CC1(C)OC(=O)C23CCC4C(=CCC5C(C)(C)C(OC6OCC(OC7OC(CO)C(O)C(OC8OC(CO)C(O)C(OC)C8O)C7O)C(O)C6OC6OC(C)C(OC7OCC(O)C(OC8OC(CO)C(O)C(OC)C8O)C7O)C(O)C6O)CCC45C)C2(C)CCC13)OC(C)=O. The molecule has 0 radical (unpaired) electrons. The molecule has 7 aliphatic heterocycles. The van der Waals surface area contributed by atoms with Crippen LogP contribution in [0.15, 0.2) is 23.8 Å². The van der Waals surface area contributed by atoms with Crippen LogP contribution in [0.2, 0.25) is 0 Å². The fraction of sp³-hybridized carbons (Fsp3) is 0.912. The molecule has 100 heavy (non-hydrogen) atoms. The number of methoxy groups -OCH3 is 2. The van der Waals surface area contributed by atoms with E-state index in [0.29, 0.717) is 38.5 Å². The second-order valence-electron chi connectivity index (χ2n) is 31.0. The van der Waals surface area contributed by atoms with Crippen LogP contribution in [0.4, 0.5) is 0 Å². The van der Waals surface area contributed by atoms with Gasteiger partial charge in [0.2, 0.25) is 0 Å². The van der Waals surface area contributed by atoms with Crippen molar-refractivity contribution in [3.63, 3.8) is 0 Å². The molecule has 0 bridgehead atoms. The Bertz CT molecular complexity index is 2840. The van der Waals surface area contributed by atoms with E-state index in [1.165, 1.54) is 33.6 Å². The first-order chi connectivity index (χ1) is 47.2. The molecule has 11 aliphatic rings. The van der Waals surface area contributed by atoms with Crippen molar-refractivity contribution in [1.82, 2.24) is 0 Å². The molecule has 7 heterocycles. The Kier molecular flexibility index (Phi) is 23.9. The van der Waals surface area contributed by atoms with Crippen molar-refractivity contribution >= 4 is 11.9 Å². The molecular formula is C68H108O32. The first-order valence-corrected chi connectivity index (χ1v) is 35.1. The van der Waals surface area contributed by atoms with Gasteiger partial charge in [-0.05, 0) is 88.4 Å². The summed E-state index contributed by atoms with van der Waals surface area (Å²) >= 11 is 0. The van der Waals surface area contributed by atoms with Crippen LogP contribution in [0.1, 0.15) is 113 Å². The molecule has 3 saturated carbocycles. The van der Waals surface area contributed by atoms with E-state index < -0.39 is 245 Å². The van der Waals surface area contributed by atoms with E-state index in [1.54, 1.807) is 0 Å². The van der Waals surface area contributed by atoms with E-state index in [0.717, 1.165) is 24.8 Å². The molecule has 0 aromatic heterocycles. The van der Waals surface area contributed by atoms with Crippen molar-refractivity contribution < 1.29 is 157 Å². The molecule has 32 heteroatoms. The van der Waals surface area contributed by atoms with Crippen molar-refractivity contribution in [2.24, 2.45) is 39.4 Å². The molecular weight excluding hydrogens is 1330 g/mol. The van der Waals surface area contributed by atoms with Crippen molar-refractivity contribution in [3.8, 4) is 0 Å². The topological polar surface area (TPSA) is 465 Å². The quantitative estimate of drug-likeness (QED) is 0.0382. The number of hydrogen-bond acceptors (Lipinski definition) is 32. The summed E-state index contributed by atoms with van der Waals surface area (Å²) in [6.45, 7) is 16.2. The van der Waals surface area contributed by atoms with Gasteiger partial charge >= 0.3 is 11.9 Å². The smallest absolute Gasteiger partial charge is 0.313 e. The summed E-state index contributed by atoms with van der Waals surface area (Å²) in [5, 5.41) is 156. The average Bonchev–Trinajstić information content (AvgIpc) is 1.46. The Labute approximate surface area is 580 Å². The fourth-order valence-corrected chi connectivity index (χ4v) is 19.4. The summed E-state index contributed by atoms with van der Waals surface area (Å²) < 4.78 is 96.1. The highest BCUT2D eigenvalue weighted by Gasteiger charge is 2.77. The summed E-state index contributed by atoms with van der Waals surface area (Å²) in [5.41, 5.74) is -1.06. The third kappa shape index (κ3) is 13.9. The Balaban J connectivity index is 0.828. The summed E-state index contributed by atoms with van der Waals surface area (Å²) in [6.07, 6.45) is -39.5. The van der Waals surface area contributed by atoms with Crippen LogP contribution in [0.5, 0.6) is 0 Å². The third-order valence-corrected chi connectivity index (χ3v) is 24.6. The molecule has 0 aromatic rings. The summed E-state index contributed by atoms with van der Waals surface area (Å²) in [6, 6.07) is 0. The number of esters is 2. The molecule has 1 spiro atoms. The lowest BCUT2D eigenvalue weighted by Gasteiger charge is -2.64. The van der Waals surface area contributed by atoms with E-state index >= 15 is 0 Å². The van der Waals surface area contributed by atoms with Crippen LogP contribution in [-0.4, -0.2) is 321 Å². The zero-order valence-corrected chi connectivity index (χ0v) is 58.3. The lowest BCUT2D eigenvalue weighted by molar-refractivity contribution is -0.394. The molecule has 4 aliphatic carbocycles. The number of ether oxygens (including phenoxy) is 16. The maximum absolute atomic E-state index is 14.8. The zero-order chi connectivity index (χ0) is 72.8.